The van der Waals surface area contributed by atoms with E-state index in [1.807, 2.05) is 11.8 Å². The molecule has 0 aromatic heterocycles. The van der Waals surface area contributed by atoms with Crippen molar-refractivity contribution in [2.24, 2.45) is 0 Å². The van der Waals surface area contributed by atoms with Gasteiger partial charge in [0, 0.05) is 24.6 Å². The monoisotopic (exact) mass is 324 g/mol. The first-order chi connectivity index (χ1) is 10.5. The highest BCUT2D eigenvalue weighted by atomic mass is 32.2. The molecule has 0 aliphatic carbocycles. The molecule has 2 atom stereocenters. The van der Waals surface area contributed by atoms with E-state index < -0.39 is 12.0 Å². The largest absolute Gasteiger partial charge is 0.344 e. The molecule has 2 rings (SSSR count). The van der Waals surface area contributed by atoms with Crippen LogP contribution in [0.4, 0.5) is 4.39 Å². The summed E-state index contributed by atoms with van der Waals surface area (Å²) in [6.07, 6.45) is 0. The van der Waals surface area contributed by atoms with E-state index in [9.17, 15) is 14.0 Å². The van der Waals surface area contributed by atoms with Crippen molar-refractivity contribution in [2.75, 3.05) is 24.6 Å². The summed E-state index contributed by atoms with van der Waals surface area (Å²) in [6.45, 7) is 4.85. The van der Waals surface area contributed by atoms with Gasteiger partial charge >= 0.3 is 0 Å². The fourth-order valence-corrected chi connectivity index (χ4v) is 3.29. The summed E-state index contributed by atoms with van der Waals surface area (Å²) in [4.78, 5) is 26.3. The van der Waals surface area contributed by atoms with Crippen molar-refractivity contribution in [1.29, 1.82) is 0 Å². The predicted octanol–water partition coefficient (Wildman–Crippen LogP) is 2.01. The van der Waals surface area contributed by atoms with Crippen LogP contribution in [-0.2, 0) is 9.59 Å². The van der Waals surface area contributed by atoms with Crippen LogP contribution in [0.5, 0.6) is 0 Å². The highest BCUT2D eigenvalue weighted by Gasteiger charge is 2.25. The third-order valence-electron chi connectivity index (χ3n) is 3.79. The van der Waals surface area contributed by atoms with Gasteiger partial charge in [0.2, 0.25) is 11.8 Å². The lowest BCUT2D eigenvalue weighted by Gasteiger charge is -2.29. The van der Waals surface area contributed by atoms with Gasteiger partial charge in [-0.1, -0.05) is 12.1 Å². The van der Waals surface area contributed by atoms with Crippen molar-refractivity contribution in [1.82, 2.24) is 10.2 Å². The molecule has 1 N–H and O–H groups in total. The maximum atomic E-state index is 13.2. The van der Waals surface area contributed by atoms with Crippen molar-refractivity contribution in [3.8, 4) is 0 Å². The molecular formula is C16H21FN2O2S. The number of carbonyl (C=O) groups excluding carboxylic acids is 2. The SMILES string of the molecule is C[C@H](NC(=O)[C@H](C)c1cccc(F)c1)C(=O)N1CCSCC1. The normalized spacial score (nSPS) is 17.7. The molecular weight excluding hydrogens is 303 g/mol. The molecule has 0 radical (unpaired) electrons. The lowest BCUT2D eigenvalue weighted by Crippen LogP contribution is -2.50. The summed E-state index contributed by atoms with van der Waals surface area (Å²) in [6, 6.07) is 5.41. The predicted molar refractivity (Wildman–Crippen MR) is 86.3 cm³/mol. The molecule has 1 aromatic carbocycles. The summed E-state index contributed by atoms with van der Waals surface area (Å²) >= 11 is 1.83. The highest BCUT2D eigenvalue weighted by Crippen LogP contribution is 2.17. The zero-order valence-electron chi connectivity index (χ0n) is 12.8. The van der Waals surface area contributed by atoms with E-state index in [2.05, 4.69) is 5.32 Å². The third-order valence-corrected chi connectivity index (χ3v) is 4.74. The Kier molecular flexibility index (Phi) is 5.83. The number of hydrogen-bond donors (Lipinski definition) is 1. The molecule has 0 unspecified atom stereocenters. The van der Waals surface area contributed by atoms with Gasteiger partial charge in [0.1, 0.15) is 11.9 Å². The van der Waals surface area contributed by atoms with Crippen LogP contribution in [0.2, 0.25) is 0 Å². The van der Waals surface area contributed by atoms with Crippen LogP contribution in [0.3, 0.4) is 0 Å². The summed E-state index contributed by atoms with van der Waals surface area (Å²) in [7, 11) is 0. The fraction of sp³-hybridized carbons (Fsp3) is 0.500. The Hall–Kier alpha value is -1.56. The third kappa shape index (κ3) is 4.22. The maximum Gasteiger partial charge on any atom is 0.244 e. The Morgan fingerprint density at radius 2 is 1.95 bits per heavy atom. The minimum Gasteiger partial charge on any atom is -0.344 e. The number of rotatable bonds is 4. The van der Waals surface area contributed by atoms with Gasteiger partial charge < -0.3 is 10.2 Å². The topological polar surface area (TPSA) is 49.4 Å². The van der Waals surface area contributed by atoms with Crippen LogP contribution in [0.25, 0.3) is 0 Å². The van der Waals surface area contributed by atoms with Gasteiger partial charge in [-0.15, -0.1) is 0 Å². The molecule has 6 heteroatoms. The molecule has 1 aliphatic rings. The first kappa shape index (κ1) is 16.8. The van der Waals surface area contributed by atoms with Crippen LogP contribution in [-0.4, -0.2) is 47.4 Å². The number of thioether (sulfide) groups is 1. The van der Waals surface area contributed by atoms with Gasteiger partial charge in [-0.3, -0.25) is 9.59 Å². The molecule has 1 aliphatic heterocycles. The van der Waals surface area contributed by atoms with Gasteiger partial charge in [-0.05, 0) is 31.5 Å². The van der Waals surface area contributed by atoms with E-state index in [1.54, 1.807) is 30.9 Å². The second-order valence-electron chi connectivity index (χ2n) is 5.44. The Labute approximate surface area is 134 Å². The summed E-state index contributed by atoms with van der Waals surface area (Å²) in [5.74, 6) is 0.686. The van der Waals surface area contributed by atoms with Gasteiger partial charge in [0.25, 0.3) is 0 Å². The average Bonchev–Trinajstić information content (AvgIpc) is 2.54. The van der Waals surface area contributed by atoms with Crippen LogP contribution in [0.1, 0.15) is 25.3 Å². The van der Waals surface area contributed by atoms with Gasteiger partial charge in [-0.2, -0.15) is 11.8 Å². The van der Waals surface area contributed by atoms with E-state index in [0.717, 1.165) is 24.6 Å². The Morgan fingerprint density at radius 1 is 1.27 bits per heavy atom. The number of nitrogens with zero attached hydrogens (tertiary/aromatic N) is 1. The van der Waals surface area contributed by atoms with E-state index in [0.29, 0.717) is 5.56 Å². The van der Waals surface area contributed by atoms with Gasteiger partial charge in [-0.25, -0.2) is 4.39 Å². The van der Waals surface area contributed by atoms with Crippen LogP contribution in [0, 0.1) is 5.82 Å². The van der Waals surface area contributed by atoms with E-state index in [1.165, 1.54) is 12.1 Å². The molecule has 1 heterocycles. The second kappa shape index (κ2) is 7.63. The van der Waals surface area contributed by atoms with E-state index >= 15 is 0 Å². The van der Waals surface area contributed by atoms with Crippen LogP contribution >= 0.6 is 11.8 Å². The van der Waals surface area contributed by atoms with E-state index in [-0.39, 0.29) is 17.6 Å². The van der Waals surface area contributed by atoms with E-state index in [4.69, 9.17) is 0 Å². The fourth-order valence-electron chi connectivity index (χ4n) is 2.39. The molecule has 4 nitrogen and oxygen atoms in total. The zero-order valence-corrected chi connectivity index (χ0v) is 13.7. The molecule has 0 bridgehead atoms. The minimum atomic E-state index is -0.563. The quantitative estimate of drug-likeness (QED) is 0.922. The minimum absolute atomic E-state index is 0.0555. The van der Waals surface area contributed by atoms with Crippen molar-refractivity contribution in [3.05, 3.63) is 35.6 Å². The highest BCUT2D eigenvalue weighted by molar-refractivity contribution is 7.99. The molecule has 0 spiro atoms. The maximum absolute atomic E-state index is 13.2. The van der Waals surface area contributed by atoms with Crippen molar-refractivity contribution in [2.45, 2.75) is 25.8 Å². The first-order valence-corrected chi connectivity index (χ1v) is 8.57. The number of benzene rings is 1. The second-order valence-corrected chi connectivity index (χ2v) is 6.67. The molecule has 120 valence electrons. The molecule has 0 saturated carbocycles. The zero-order chi connectivity index (χ0) is 16.1. The number of hydrogen-bond acceptors (Lipinski definition) is 3. The average molecular weight is 324 g/mol. The molecule has 1 fully saturated rings. The number of nitrogens with one attached hydrogen (secondary N) is 1. The smallest absolute Gasteiger partial charge is 0.244 e. The summed E-state index contributed by atoms with van der Waals surface area (Å²) in [5.41, 5.74) is 0.603. The van der Waals surface area contributed by atoms with Crippen molar-refractivity contribution < 1.29 is 14.0 Å². The standard InChI is InChI=1S/C16H21FN2O2S/c1-11(13-4-3-5-14(17)10-13)15(20)18-12(2)16(21)19-6-8-22-9-7-19/h3-5,10-12H,6-9H2,1-2H3,(H,18,20)/t11-,12+/m1/s1. The number of amides is 2. The van der Waals surface area contributed by atoms with Gasteiger partial charge in [0.15, 0.2) is 0 Å². The first-order valence-electron chi connectivity index (χ1n) is 7.41. The molecule has 2 amide bonds. The number of halogens is 1. The summed E-state index contributed by atoms with van der Waals surface area (Å²) < 4.78 is 13.2. The van der Waals surface area contributed by atoms with Crippen LogP contribution < -0.4 is 5.32 Å². The Morgan fingerprint density at radius 3 is 2.59 bits per heavy atom. The van der Waals surface area contributed by atoms with Crippen LogP contribution in [0.15, 0.2) is 24.3 Å². The molecule has 22 heavy (non-hydrogen) atoms. The Bertz CT molecular complexity index is 547. The van der Waals surface area contributed by atoms with Crippen molar-refractivity contribution in [3.63, 3.8) is 0 Å². The lowest BCUT2D eigenvalue weighted by molar-refractivity contribution is -0.135. The lowest BCUT2D eigenvalue weighted by atomic mass is 10.00. The summed E-state index contributed by atoms with van der Waals surface area (Å²) in [5, 5.41) is 2.74. The molecule has 1 saturated heterocycles. The Balaban J connectivity index is 1.94. The van der Waals surface area contributed by atoms with Crippen molar-refractivity contribution >= 4 is 23.6 Å². The molecule has 1 aromatic rings. The van der Waals surface area contributed by atoms with Gasteiger partial charge in [0.05, 0.1) is 5.92 Å². The number of carbonyl (C=O) groups is 2.